The maximum Gasteiger partial charge on any atom is 0.133 e. The molecule has 1 heterocycles. The second kappa shape index (κ2) is 7.02. The number of benzene rings is 3. The highest BCUT2D eigenvalue weighted by Crippen LogP contribution is 2.38. The fourth-order valence-electron chi connectivity index (χ4n) is 3.16. The van der Waals surface area contributed by atoms with Gasteiger partial charge in [-0.1, -0.05) is 59.6 Å². The van der Waals surface area contributed by atoms with E-state index in [4.69, 9.17) is 28.2 Å². The highest BCUT2D eigenvalue weighted by atomic mass is 35.5. The molecule has 0 amide bonds. The minimum atomic E-state index is -0.136. The number of hydrogen-bond donors (Lipinski definition) is 2. The molecular formula is C21H16Cl2N2O. The van der Waals surface area contributed by atoms with Crippen LogP contribution < -0.4 is 5.32 Å². The van der Waals surface area contributed by atoms with Crippen molar-refractivity contribution < 1.29 is 5.11 Å². The normalized spacial score (nSPS) is 19.1. The quantitative estimate of drug-likeness (QED) is 0.625. The van der Waals surface area contributed by atoms with Crippen LogP contribution in [0.3, 0.4) is 0 Å². The van der Waals surface area contributed by atoms with Crippen LogP contribution in [0.4, 0.5) is 0 Å². The molecule has 0 saturated carbocycles. The summed E-state index contributed by atoms with van der Waals surface area (Å²) >= 11 is 12.1. The molecule has 3 aromatic rings. The molecule has 3 nitrogen and oxygen atoms in total. The fraction of sp³-hybridized carbons (Fsp3) is 0.0952. The summed E-state index contributed by atoms with van der Waals surface area (Å²) in [5, 5.41) is 15.0. The third-order valence-electron chi connectivity index (χ3n) is 4.48. The highest BCUT2D eigenvalue weighted by Gasteiger charge is 2.32. The topological polar surface area (TPSA) is 44.6 Å². The van der Waals surface area contributed by atoms with Crippen molar-refractivity contribution in [3.63, 3.8) is 0 Å². The smallest absolute Gasteiger partial charge is 0.133 e. The number of nitrogens with zero attached hydrogens (tertiary/aromatic N) is 1. The Kier molecular flexibility index (Phi) is 4.58. The number of aliphatic imine (C=N–C) groups is 1. The largest absolute Gasteiger partial charge is 0.507 e. The Bertz CT molecular complexity index is 953. The molecule has 130 valence electrons. The zero-order chi connectivity index (χ0) is 18.1. The molecule has 0 aromatic heterocycles. The van der Waals surface area contributed by atoms with E-state index in [2.05, 4.69) is 5.32 Å². The fourth-order valence-corrected chi connectivity index (χ4v) is 3.41. The average Bonchev–Trinajstić information content (AvgIpc) is 3.08. The number of phenols is 1. The van der Waals surface area contributed by atoms with Gasteiger partial charge < -0.3 is 10.4 Å². The molecule has 0 unspecified atom stereocenters. The van der Waals surface area contributed by atoms with Crippen LogP contribution >= 0.6 is 23.2 Å². The second-order valence-electron chi connectivity index (χ2n) is 6.16. The van der Waals surface area contributed by atoms with E-state index < -0.39 is 0 Å². The molecule has 2 N–H and O–H groups in total. The van der Waals surface area contributed by atoms with Gasteiger partial charge >= 0.3 is 0 Å². The molecule has 0 fully saturated rings. The summed E-state index contributed by atoms with van der Waals surface area (Å²) in [5.41, 5.74) is 2.80. The number of phenolic OH excluding ortho intramolecular Hbond substituents is 1. The van der Waals surface area contributed by atoms with Gasteiger partial charge in [0.15, 0.2) is 0 Å². The van der Waals surface area contributed by atoms with E-state index >= 15 is 0 Å². The summed E-state index contributed by atoms with van der Waals surface area (Å²) < 4.78 is 0. The van der Waals surface area contributed by atoms with Gasteiger partial charge in [0.2, 0.25) is 0 Å². The van der Waals surface area contributed by atoms with Crippen LogP contribution in [0.5, 0.6) is 5.75 Å². The van der Waals surface area contributed by atoms with E-state index in [0.29, 0.717) is 21.4 Å². The lowest BCUT2D eigenvalue weighted by atomic mass is 9.95. The van der Waals surface area contributed by atoms with Crippen LogP contribution in [-0.2, 0) is 0 Å². The van der Waals surface area contributed by atoms with Crippen LogP contribution in [-0.4, -0.2) is 10.9 Å². The van der Waals surface area contributed by atoms with Gasteiger partial charge in [0.1, 0.15) is 17.6 Å². The molecular weight excluding hydrogens is 367 g/mol. The standard InChI is InChI=1S/C21H16Cl2N2O/c22-15-9-5-13(6-10-15)19-20(14-7-11-16(23)12-8-14)25-21(24-19)17-3-1-2-4-18(17)26/h1-12,19-20,26H,(H,24,25)/t19-,20+. The van der Waals surface area contributed by atoms with Gasteiger partial charge in [-0.2, -0.15) is 0 Å². The molecule has 1 aliphatic rings. The molecule has 0 aliphatic carbocycles. The number of hydrogen-bond acceptors (Lipinski definition) is 3. The van der Waals surface area contributed by atoms with Crippen molar-refractivity contribution in [1.82, 2.24) is 5.32 Å². The van der Waals surface area contributed by atoms with Gasteiger partial charge in [0.05, 0.1) is 11.6 Å². The maximum atomic E-state index is 10.2. The number of aromatic hydroxyl groups is 1. The predicted octanol–water partition coefficient (Wildman–Crippen LogP) is 5.53. The lowest BCUT2D eigenvalue weighted by molar-refractivity contribution is 0.474. The first kappa shape index (κ1) is 17.0. The first-order valence-corrected chi connectivity index (χ1v) is 9.01. The van der Waals surface area contributed by atoms with Gasteiger partial charge in [-0.3, -0.25) is 4.99 Å². The molecule has 26 heavy (non-hydrogen) atoms. The summed E-state index contributed by atoms with van der Waals surface area (Å²) in [4.78, 5) is 4.87. The molecule has 4 rings (SSSR count). The van der Waals surface area contributed by atoms with Gasteiger partial charge in [-0.15, -0.1) is 0 Å². The van der Waals surface area contributed by atoms with Crippen molar-refractivity contribution in [2.24, 2.45) is 4.99 Å². The van der Waals surface area contributed by atoms with Crippen molar-refractivity contribution in [3.8, 4) is 5.75 Å². The van der Waals surface area contributed by atoms with E-state index in [1.165, 1.54) is 0 Å². The minimum Gasteiger partial charge on any atom is -0.507 e. The van der Waals surface area contributed by atoms with Crippen LogP contribution in [0.15, 0.2) is 77.8 Å². The van der Waals surface area contributed by atoms with Crippen LogP contribution in [0.25, 0.3) is 0 Å². The van der Waals surface area contributed by atoms with Gasteiger partial charge in [-0.05, 0) is 47.5 Å². The predicted molar refractivity (Wildman–Crippen MR) is 106 cm³/mol. The van der Waals surface area contributed by atoms with Crippen LogP contribution in [0.1, 0.15) is 28.8 Å². The van der Waals surface area contributed by atoms with Crippen molar-refractivity contribution >= 4 is 29.0 Å². The van der Waals surface area contributed by atoms with Crippen molar-refractivity contribution in [3.05, 3.63) is 99.5 Å². The molecule has 0 saturated heterocycles. The maximum absolute atomic E-state index is 10.2. The van der Waals surface area contributed by atoms with Crippen molar-refractivity contribution in [2.75, 3.05) is 0 Å². The Hall–Kier alpha value is -2.49. The Morgan fingerprint density at radius 2 is 1.35 bits per heavy atom. The first-order valence-electron chi connectivity index (χ1n) is 8.25. The Labute approximate surface area is 161 Å². The summed E-state index contributed by atoms with van der Waals surface area (Å²) in [6.45, 7) is 0. The Balaban J connectivity index is 1.77. The lowest BCUT2D eigenvalue weighted by Gasteiger charge is -2.20. The molecule has 0 bridgehead atoms. The molecule has 5 heteroatoms. The van der Waals surface area contributed by atoms with E-state index in [9.17, 15) is 5.11 Å². The Morgan fingerprint density at radius 1 is 0.769 bits per heavy atom. The average molecular weight is 383 g/mol. The molecule has 2 atom stereocenters. The molecule has 0 radical (unpaired) electrons. The Morgan fingerprint density at radius 3 is 1.96 bits per heavy atom. The lowest BCUT2D eigenvalue weighted by Crippen LogP contribution is -2.25. The SMILES string of the molecule is Oc1ccccc1C1=N[C@H](c2ccc(Cl)cc2)[C@H](c2ccc(Cl)cc2)N1. The van der Waals surface area contributed by atoms with E-state index in [0.717, 1.165) is 11.1 Å². The van der Waals surface area contributed by atoms with Crippen molar-refractivity contribution in [2.45, 2.75) is 12.1 Å². The summed E-state index contributed by atoms with van der Waals surface area (Å²) in [5.74, 6) is 0.869. The number of nitrogens with one attached hydrogen (secondary N) is 1. The van der Waals surface area contributed by atoms with E-state index in [-0.39, 0.29) is 17.8 Å². The third-order valence-corrected chi connectivity index (χ3v) is 4.98. The summed E-state index contributed by atoms with van der Waals surface area (Å²) in [6.07, 6.45) is 0. The third kappa shape index (κ3) is 3.28. The minimum absolute atomic E-state index is 0.0666. The second-order valence-corrected chi connectivity index (χ2v) is 7.04. The van der Waals surface area contributed by atoms with Gasteiger partial charge in [-0.25, -0.2) is 0 Å². The van der Waals surface area contributed by atoms with Gasteiger partial charge in [0, 0.05) is 10.0 Å². The molecule has 0 spiro atoms. The zero-order valence-electron chi connectivity index (χ0n) is 13.7. The van der Waals surface area contributed by atoms with Crippen molar-refractivity contribution in [1.29, 1.82) is 0 Å². The first-order chi connectivity index (χ1) is 12.6. The number of halogens is 2. The summed E-state index contributed by atoms with van der Waals surface area (Å²) in [6, 6.07) is 22.4. The zero-order valence-corrected chi connectivity index (χ0v) is 15.2. The van der Waals surface area contributed by atoms with Crippen LogP contribution in [0, 0.1) is 0 Å². The van der Waals surface area contributed by atoms with Gasteiger partial charge in [0.25, 0.3) is 0 Å². The molecule has 1 aliphatic heterocycles. The summed E-state index contributed by atoms with van der Waals surface area (Å²) in [7, 11) is 0. The van der Waals surface area contributed by atoms with E-state index in [1.54, 1.807) is 12.1 Å². The van der Waals surface area contributed by atoms with Crippen LogP contribution in [0.2, 0.25) is 10.0 Å². The number of amidine groups is 1. The highest BCUT2D eigenvalue weighted by molar-refractivity contribution is 6.30. The number of para-hydroxylation sites is 1. The number of rotatable bonds is 3. The monoisotopic (exact) mass is 382 g/mol. The molecule has 3 aromatic carbocycles. The van der Waals surface area contributed by atoms with E-state index in [1.807, 2.05) is 60.7 Å².